The number of ether oxygens (including phenoxy) is 3. The highest BCUT2D eigenvalue weighted by atomic mass is 35.5. The summed E-state index contributed by atoms with van der Waals surface area (Å²) in [6.07, 6.45) is 1.78. The molecule has 2 fully saturated rings. The lowest BCUT2D eigenvalue weighted by Crippen LogP contribution is -2.47. The molecule has 0 unspecified atom stereocenters. The molecule has 0 atom stereocenters. The monoisotopic (exact) mass is 408 g/mol. The number of carbonyl (C=O) groups excluding carboxylic acids is 1. The van der Waals surface area contributed by atoms with Gasteiger partial charge in [0.25, 0.3) is 0 Å². The maximum Gasteiger partial charge on any atom is 0.228 e. The average molecular weight is 409 g/mol. The van der Waals surface area contributed by atoms with Crippen LogP contribution in [0.25, 0.3) is 0 Å². The molecule has 2 aliphatic heterocycles. The molecular weight excluding hydrogens is 388 g/mol. The number of likely N-dealkylation sites (tertiary alicyclic amines) is 1. The van der Waals surface area contributed by atoms with Crippen LogP contribution in [0.2, 0.25) is 5.02 Å². The first kappa shape index (κ1) is 18.7. The Hall–Kier alpha value is -1.67. The molecule has 8 heteroatoms. The predicted octanol–water partition coefficient (Wildman–Crippen LogP) is 3.28. The molecule has 1 amide bonds. The molecule has 4 rings (SSSR count). The number of aromatic nitrogens is 1. The molecule has 27 heavy (non-hydrogen) atoms. The molecule has 0 radical (unpaired) electrons. The second-order valence-corrected chi connectivity index (χ2v) is 8.02. The van der Waals surface area contributed by atoms with Crippen molar-refractivity contribution < 1.29 is 19.0 Å². The quantitative estimate of drug-likeness (QED) is 0.759. The van der Waals surface area contributed by atoms with E-state index in [1.807, 2.05) is 22.4 Å². The third-order valence-electron chi connectivity index (χ3n) is 4.80. The minimum Gasteiger partial charge on any atom is -0.486 e. The number of hydrogen-bond acceptors (Lipinski definition) is 6. The molecule has 2 aliphatic rings. The third-order valence-corrected chi connectivity index (χ3v) is 5.92. The van der Waals surface area contributed by atoms with Crippen LogP contribution >= 0.6 is 22.9 Å². The van der Waals surface area contributed by atoms with E-state index in [0.29, 0.717) is 44.4 Å². The number of hydrogen-bond donors (Lipinski definition) is 0. The van der Waals surface area contributed by atoms with E-state index in [1.54, 1.807) is 12.1 Å². The first-order valence-corrected chi connectivity index (χ1v) is 10.3. The van der Waals surface area contributed by atoms with Crippen molar-refractivity contribution in [3.8, 4) is 5.75 Å². The highest BCUT2D eigenvalue weighted by Crippen LogP contribution is 2.31. The number of carbonyl (C=O) groups is 1. The van der Waals surface area contributed by atoms with E-state index in [4.69, 9.17) is 25.8 Å². The fourth-order valence-corrected chi connectivity index (χ4v) is 4.15. The van der Waals surface area contributed by atoms with Crippen molar-refractivity contribution in [3.05, 3.63) is 45.4 Å². The second kappa shape index (κ2) is 8.14. The molecule has 0 aliphatic carbocycles. The summed E-state index contributed by atoms with van der Waals surface area (Å²) in [6, 6.07) is 7.21. The normalized spacial score (nSPS) is 18.8. The summed E-state index contributed by atoms with van der Waals surface area (Å²) in [5.74, 6) is 0.382. The van der Waals surface area contributed by atoms with Crippen LogP contribution in [0.4, 0.5) is 0 Å². The van der Waals surface area contributed by atoms with Crippen molar-refractivity contribution in [2.24, 2.45) is 0 Å². The van der Waals surface area contributed by atoms with Crippen LogP contribution < -0.4 is 4.74 Å². The van der Waals surface area contributed by atoms with Gasteiger partial charge in [-0.3, -0.25) is 4.79 Å². The summed E-state index contributed by atoms with van der Waals surface area (Å²) in [5.41, 5.74) is 0.786. The van der Waals surface area contributed by atoms with Gasteiger partial charge in [-0.1, -0.05) is 11.6 Å². The Kier molecular flexibility index (Phi) is 5.63. The number of amides is 1. The van der Waals surface area contributed by atoms with E-state index in [-0.39, 0.29) is 5.91 Å². The predicted molar refractivity (Wildman–Crippen MR) is 102 cm³/mol. The fraction of sp³-hybridized carbons (Fsp3) is 0.474. The molecule has 3 heterocycles. The number of rotatable bonds is 5. The van der Waals surface area contributed by atoms with Crippen molar-refractivity contribution in [2.45, 2.75) is 31.7 Å². The summed E-state index contributed by atoms with van der Waals surface area (Å²) >= 11 is 7.37. The maximum absolute atomic E-state index is 12.6. The molecule has 2 aromatic rings. The van der Waals surface area contributed by atoms with Gasteiger partial charge in [-0.2, -0.15) is 0 Å². The van der Waals surface area contributed by atoms with E-state index < -0.39 is 5.79 Å². The zero-order valence-electron chi connectivity index (χ0n) is 14.9. The lowest BCUT2D eigenvalue weighted by molar-refractivity contribution is -0.187. The maximum atomic E-state index is 12.6. The highest BCUT2D eigenvalue weighted by Gasteiger charge is 2.40. The lowest BCUT2D eigenvalue weighted by atomic mass is 10.0. The van der Waals surface area contributed by atoms with Gasteiger partial charge in [-0.15, -0.1) is 11.3 Å². The smallest absolute Gasteiger partial charge is 0.228 e. The molecular formula is C19H21ClN2O4S. The Morgan fingerprint density at radius 3 is 2.63 bits per heavy atom. The van der Waals surface area contributed by atoms with Crippen LogP contribution in [0.3, 0.4) is 0 Å². The topological polar surface area (TPSA) is 60.9 Å². The highest BCUT2D eigenvalue weighted by molar-refractivity contribution is 7.09. The SMILES string of the molecule is O=C(Cc1csc(COc2ccc(Cl)cc2)n1)N1CCC2(CC1)OCCO2. The Bertz CT molecular complexity index is 779. The van der Waals surface area contributed by atoms with E-state index >= 15 is 0 Å². The first-order valence-electron chi connectivity index (χ1n) is 8.99. The minimum absolute atomic E-state index is 0.0957. The van der Waals surface area contributed by atoms with Crippen molar-refractivity contribution in [3.63, 3.8) is 0 Å². The molecule has 0 saturated carbocycles. The molecule has 1 aromatic heterocycles. The Labute approximate surface area is 167 Å². The summed E-state index contributed by atoms with van der Waals surface area (Å²) in [7, 11) is 0. The Balaban J connectivity index is 1.26. The fourth-order valence-electron chi connectivity index (χ4n) is 3.32. The van der Waals surface area contributed by atoms with Crippen molar-refractivity contribution in [1.82, 2.24) is 9.88 Å². The van der Waals surface area contributed by atoms with Crippen LogP contribution in [-0.2, 0) is 27.3 Å². The van der Waals surface area contributed by atoms with Gasteiger partial charge in [-0.05, 0) is 24.3 Å². The van der Waals surface area contributed by atoms with Crippen molar-refractivity contribution >= 4 is 28.8 Å². The van der Waals surface area contributed by atoms with Crippen LogP contribution in [0.1, 0.15) is 23.5 Å². The molecule has 6 nitrogen and oxygen atoms in total. The van der Waals surface area contributed by atoms with Crippen LogP contribution in [0.15, 0.2) is 29.6 Å². The summed E-state index contributed by atoms with van der Waals surface area (Å²) < 4.78 is 17.1. The number of thiazole rings is 1. The van der Waals surface area contributed by atoms with Gasteiger partial charge in [0, 0.05) is 36.3 Å². The Morgan fingerprint density at radius 1 is 1.22 bits per heavy atom. The largest absolute Gasteiger partial charge is 0.486 e. The lowest BCUT2D eigenvalue weighted by Gasteiger charge is -2.37. The number of benzene rings is 1. The van der Waals surface area contributed by atoms with E-state index in [2.05, 4.69) is 4.98 Å². The summed E-state index contributed by atoms with van der Waals surface area (Å²) in [4.78, 5) is 19.0. The molecule has 1 spiro atoms. The third kappa shape index (κ3) is 4.60. The van der Waals surface area contributed by atoms with Gasteiger partial charge < -0.3 is 19.1 Å². The van der Waals surface area contributed by atoms with E-state index in [1.165, 1.54) is 11.3 Å². The zero-order valence-corrected chi connectivity index (χ0v) is 16.4. The van der Waals surface area contributed by atoms with Gasteiger partial charge in [0.2, 0.25) is 5.91 Å². The van der Waals surface area contributed by atoms with Crippen LogP contribution in [0, 0.1) is 0 Å². The average Bonchev–Trinajstić information content (AvgIpc) is 3.32. The van der Waals surface area contributed by atoms with Gasteiger partial charge in [-0.25, -0.2) is 4.98 Å². The van der Waals surface area contributed by atoms with Crippen molar-refractivity contribution in [2.75, 3.05) is 26.3 Å². The number of halogens is 1. The number of piperidine rings is 1. The van der Waals surface area contributed by atoms with Gasteiger partial charge in [0.15, 0.2) is 5.79 Å². The molecule has 1 aromatic carbocycles. The van der Waals surface area contributed by atoms with Gasteiger partial charge in [0.05, 0.1) is 25.3 Å². The standard InChI is InChI=1S/C19H21ClN2O4S/c20-14-1-3-16(4-2-14)24-12-17-21-15(13-27-17)11-18(23)22-7-5-19(6-8-22)25-9-10-26-19/h1-4,13H,5-12H2. The van der Waals surface area contributed by atoms with Crippen molar-refractivity contribution in [1.29, 1.82) is 0 Å². The second-order valence-electron chi connectivity index (χ2n) is 6.64. The summed E-state index contributed by atoms with van der Waals surface area (Å²) in [5, 5.41) is 3.44. The molecule has 0 N–H and O–H groups in total. The van der Waals surface area contributed by atoms with Gasteiger partial charge in [0.1, 0.15) is 17.4 Å². The van der Waals surface area contributed by atoms with Crippen LogP contribution in [-0.4, -0.2) is 47.9 Å². The van der Waals surface area contributed by atoms with Gasteiger partial charge >= 0.3 is 0 Å². The first-order chi connectivity index (χ1) is 13.1. The Morgan fingerprint density at radius 2 is 1.93 bits per heavy atom. The molecule has 0 bridgehead atoms. The van der Waals surface area contributed by atoms with E-state index in [0.717, 1.165) is 29.3 Å². The van der Waals surface area contributed by atoms with E-state index in [9.17, 15) is 4.79 Å². The molecule has 2 saturated heterocycles. The minimum atomic E-state index is -0.455. The molecule has 144 valence electrons. The summed E-state index contributed by atoms with van der Waals surface area (Å²) in [6.45, 7) is 2.99. The zero-order chi connectivity index (χ0) is 18.7. The van der Waals surface area contributed by atoms with Crippen LogP contribution in [0.5, 0.6) is 5.75 Å². The number of nitrogens with zero attached hydrogens (tertiary/aromatic N) is 2.